The summed E-state index contributed by atoms with van der Waals surface area (Å²) in [7, 11) is -1.58. The Morgan fingerprint density at radius 3 is 2.35 bits per heavy atom. The zero-order chi connectivity index (χ0) is 12.1. The second kappa shape index (κ2) is 5.60. The molecule has 87 valence electrons. The van der Waals surface area contributed by atoms with Gasteiger partial charge >= 0.3 is 0 Å². The van der Waals surface area contributed by atoms with E-state index in [9.17, 15) is 4.57 Å². The molecule has 1 atom stereocenters. The van der Waals surface area contributed by atoms with E-state index >= 15 is 0 Å². The number of para-hydroxylation sites is 1. The van der Waals surface area contributed by atoms with Crippen LogP contribution in [0.3, 0.4) is 0 Å². The van der Waals surface area contributed by atoms with Gasteiger partial charge in [-0.15, -0.1) is 0 Å². The van der Waals surface area contributed by atoms with Crippen molar-refractivity contribution in [3.8, 4) is 5.75 Å². The minimum absolute atomic E-state index is 0.578. The molecular formula is C14H14O2P. The Bertz CT molecular complexity index is 509. The van der Waals surface area contributed by atoms with Gasteiger partial charge in [-0.1, -0.05) is 30.3 Å². The van der Waals surface area contributed by atoms with Crippen LogP contribution in [-0.4, -0.2) is 6.61 Å². The maximum absolute atomic E-state index is 12.4. The van der Waals surface area contributed by atoms with Gasteiger partial charge in [-0.05, 0) is 31.2 Å². The second-order valence-electron chi connectivity index (χ2n) is 3.53. The van der Waals surface area contributed by atoms with E-state index in [1.165, 1.54) is 0 Å². The number of hydrogen-bond acceptors (Lipinski definition) is 2. The molecule has 17 heavy (non-hydrogen) atoms. The van der Waals surface area contributed by atoms with Gasteiger partial charge in [0, 0.05) is 5.30 Å². The van der Waals surface area contributed by atoms with E-state index in [0.717, 1.165) is 10.6 Å². The average molecular weight is 245 g/mol. The first-order valence-electron chi connectivity index (χ1n) is 5.57. The lowest BCUT2D eigenvalue weighted by Gasteiger charge is -2.09. The summed E-state index contributed by atoms with van der Waals surface area (Å²) in [6, 6.07) is 16.9. The van der Waals surface area contributed by atoms with Crippen molar-refractivity contribution in [1.82, 2.24) is 0 Å². The number of benzene rings is 2. The summed E-state index contributed by atoms with van der Waals surface area (Å²) >= 11 is 0. The highest BCUT2D eigenvalue weighted by Gasteiger charge is 2.12. The Balaban J connectivity index is 2.37. The summed E-state index contributed by atoms with van der Waals surface area (Å²) in [4.78, 5) is 0. The zero-order valence-corrected chi connectivity index (χ0v) is 10.6. The summed E-state index contributed by atoms with van der Waals surface area (Å²) < 4.78 is 17.9. The van der Waals surface area contributed by atoms with Crippen LogP contribution in [0, 0.1) is 0 Å². The third kappa shape index (κ3) is 2.72. The minimum Gasteiger partial charge on any atom is -0.493 e. The lowest BCUT2D eigenvalue weighted by atomic mass is 10.3. The van der Waals surface area contributed by atoms with E-state index in [2.05, 4.69) is 0 Å². The third-order valence-electron chi connectivity index (χ3n) is 2.37. The van der Waals surface area contributed by atoms with Crippen LogP contribution in [-0.2, 0) is 4.57 Å². The standard InChI is InChI=1S/C14H14O2P/c1-2-16-13-10-6-7-11-14(13)17(15)12-8-4-3-5-9-12/h3-11H,2H2,1H3. The SMILES string of the molecule is CCOc1ccccc1[P](=O)c1ccccc1. The van der Waals surface area contributed by atoms with E-state index in [-0.39, 0.29) is 0 Å². The molecule has 2 aromatic carbocycles. The molecule has 0 amide bonds. The molecule has 1 radical (unpaired) electrons. The van der Waals surface area contributed by atoms with Gasteiger partial charge in [-0.3, -0.25) is 4.57 Å². The Morgan fingerprint density at radius 2 is 1.65 bits per heavy atom. The van der Waals surface area contributed by atoms with Crippen molar-refractivity contribution in [3.05, 3.63) is 54.6 Å². The monoisotopic (exact) mass is 245 g/mol. The molecule has 0 bridgehead atoms. The van der Waals surface area contributed by atoms with Crippen molar-refractivity contribution < 1.29 is 9.30 Å². The topological polar surface area (TPSA) is 26.3 Å². The third-order valence-corrected chi connectivity index (χ3v) is 3.95. The fraction of sp³-hybridized carbons (Fsp3) is 0.143. The molecule has 2 aromatic rings. The maximum Gasteiger partial charge on any atom is 0.140 e. The van der Waals surface area contributed by atoms with Gasteiger partial charge in [0.05, 0.1) is 11.9 Å². The van der Waals surface area contributed by atoms with Crippen LogP contribution in [0.5, 0.6) is 5.75 Å². The van der Waals surface area contributed by atoms with Crippen molar-refractivity contribution >= 4 is 18.4 Å². The Hall–Kier alpha value is -1.66. The van der Waals surface area contributed by atoms with Gasteiger partial charge in [-0.25, -0.2) is 0 Å². The molecular weight excluding hydrogens is 231 g/mol. The van der Waals surface area contributed by atoms with Crippen molar-refractivity contribution in [2.45, 2.75) is 6.92 Å². The summed E-state index contributed by atoms with van der Waals surface area (Å²) in [5.74, 6) is 0.708. The molecule has 2 rings (SSSR count). The highest BCUT2D eigenvalue weighted by molar-refractivity contribution is 7.61. The van der Waals surface area contributed by atoms with Crippen LogP contribution in [0.25, 0.3) is 0 Å². The molecule has 1 unspecified atom stereocenters. The lowest BCUT2D eigenvalue weighted by molar-refractivity contribution is 0.343. The molecule has 0 heterocycles. The normalized spacial score (nSPS) is 11.0. The van der Waals surface area contributed by atoms with Gasteiger partial charge in [0.25, 0.3) is 0 Å². The number of rotatable bonds is 4. The molecule has 0 N–H and O–H groups in total. The largest absolute Gasteiger partial charge is 0.493 e. The maximum atomic E-state index is 12.4. The second-order valence-corrected chi connectivity index (χ2v) is 5.12. The van der Waals surface area contributed by atoms with Crippen LogP contribution in [0.15, 0.2) is 54.6 Å². The molecule has 0 aliphatic rings. The predicted octanol–water partition coefficient (Wildman–Crippen LogP) is 2.86. The number of ether oxygens (including phenoxy) is 1. The molecule has 0 spiro atoms. The predicted molar refractivity (Wildman–Crippen MR) is 70.9 cm³/mol. The van der Waals surface area contributed by atoms with Crippen LogP contribution in [0.1, 0.15) is 6.92 Å². The Kier molecular flexibility index (Phi) is 3.89. The highest BCUT2D eigenvalue weighted by Crippen LogP contribution is 2.25. The smallest absolute Gasteiger partial charge is 0.140 e. The summed E-state index contributed by atoms with van der Waals surface area (Å²) in [5, 5.41) is 1.59. The van der Waals surface area contributed by atoms with Crippen LogP contribution in [0.4, 0.5) is 0 Å². The minimum atomic E-state index is -1.58. The highest BCUT2D eigenvalue weighted by atomic mass is 31.1. The van der Waals surface area contributed by atoms with Gasteiger partial charge in [0.1, 0.15) is 13.6 Å². The summed E-state index contributed by atoms with van der Waals surface area (Å²) in [5.41, 5.74) is 0. The first-order valence-corrected chi connectivity index (χ1v) is 6.83. The van der Waals surface area contributed by atoms with E-state index < -0.39 is 7.80 Å². The average Bonchev–Trinajstić information content (AvgIpc) is 2.40. The first kappa shape index (κ1) is 11.8. The molecule has 0 saturated heterocycles. The van der Waals surface area contributed by atoms with Crippen LogP contribution < -0.4 is 15.3 Å². The zero-order valence-electron chi connectivity index (χ0n) is 9.67. The fourth-order valence-corrected chi connectivity index (χ4v) is 2.89. The van der Waals surface area contributed by atoms with Crippen molar-refractivity contribution in [2.75, 3.05) is 6.61 Å². The van der Waals surface area contributed by atoms with Gasteiger partial charge in [0.2, 0.25) is 0 Å². The molecule has 3 heteroatoms. The van der Waals surface area contributed by atoms with Crippen LogP contribution >= 0.6 is 7.80 Å². The molecule has 0 fully saturated rings. The quantitative estimate of drug-likeness (QED) is 0.774. The van der Waals surface area contributed by atoms with Gasteiger partial charge < -0.3 is 4.74 Å². The molecule has 0 aliphatic heterocycles. The molecule has 2 nitrogen and oxygen atoms in total. The van der Waals surface area contributed by atoms with Gasteiger partial charge in [-0.2, -0.15) is 0 Å². The number of hydrogen-bond donors (Lipinski definition) is 0. The molecule has 0 aromatic heterocycles. The fourth-order valence-electron chi connectivity index (χ4n) is 1.60. The van der Waals surface area contributed by atoms with E-state index in [4.69, 9.17) is 4.74 Å². The van der Waals surface area contributed by atoms with Crippen LogP contribution in [0.2, 0.25) is 0 Å². The van der Waals surface area contributed by atoms with Gasteiger partial charge in [0.15, 0.2) is 0 Å². The molecule has 0 aliphatic carbocycles. The lowest BCUT2D eigenvalue weighted by Crippen LogP contribution is -2.10. The van der Waals surface area contributed by atoms with E-state index in [1.54, 1.807) is 0 Å². The van der Waals surface area contributed by atoms with Crippen molar-refractivity contribution in [2.24, 2.45) is 0 Å². The Morgan fingerprint density at radius 1 is 1.00 bits per heavy atom. The van der Waals surface area contributed by atoms with Crippen molar-refractivity contribution in [1.29, 1.82) is 0 Å². The molecule has 0 saturated carbocycles. The van der Waals surface area contributed by atoms with Crippen molar-refractivity contribution in [3.63, 3.8) is 0 Å². The van der Waals surface area contributed by atoms with E-state index in [0.29, 0.717) is 12.4 Å². The summed E-state index contributed by atoms with van der Waals surface area (Å²) in [6.07, 6.45) is 0. The first-order chi connectivity index (χ1) is 8.33. The summed E-state index contributed by atoms with van der Waals surface area (Å²) in [6.45, 7) is 2.50. The van der Waals surface area contributed by atoms with E-state index in [1.807, 2.05) is 61.5 Å². The Labute approximate surface area is 102 Å².